The third kappa shape index (κ3) is 3.61. The van der Waals surface area contributed by atoms with Gasteiger partial charge in [0.2, 0.25) is 5.91 Å². The van der Waals surface area contributed by atoms with Crippen LogP contribution < -0.4 is 5.73 Å². The van der Waals surface area contributed by atoms with E-state index in [1.54, 1.807) is 0 Å². The van der Waals surface area contributed by atoms with Gasteiger partial charge in [-0.3, -0.25) is 9.59 Å². The number of carbonyl (C=O) groups excluding carboxylic acids is 2. The van der Waals surface area contributed by atoms with Gasteiger partial charge in [0.1, 0.15) is 12.8 Å². The van der Waals surface area contributed by atoms with Crippen LogP contribution in [0.5, 0.6) is 0 Å². The summed E-state index contributed by atoms with van der Waals surface area (Å²) >= 11 is 0. The van der Waals surface area contributed by atoms with Crippen LogP contribution in [0.4, 0.5) is 26.3 Å². The summed E-state index contributed by atoms with van der Waals surface area (Å²) in [6.45, 7) is -0.754. The van der Waals surface area contributed by atoms with E-state index in [4.69, 9.17) is 10.5 Å². The highest BCUT2D eigenvalue weighted by atomic mass is 19.4. The van der Waals surface area contributed by atoms with Crippen molar-refractivity contribution in [1.29, 1.82) is 0 Å². The molecule has 1 heterocycles. The van der Waals surface area contributed by atoms with Crippen molar-refractivity contribution in [1.82, 2.24) is 4.90 Å². The number of nitrogens with zero attached hydrogens (tertiary/aromatic N) is 1. The minimum Gasteiger partial charge on any atom is -0.368 e. The topological polar surface area (TPSA) is 72.6 Å². The first-order chi connectivity index (χ1) is 10.9. The number of rotatable bonds is 2. The summed E-state index contributed by atoms with van der Waals surface area (Å²) in [7, 11) is 0. The second kappa shape index (κ2) is 5.96. The van der Waals surface area contributed by atoms with Gasteiger partial charge in [0.25, 0.3) is 5.91 Å². The number of hydrogen-bond acceptors (Lipinski definition) is 3. The van der Waals surface area contributed by atoms with E-state index in [2.05, 4.69) is 0 Å². The Labute approximate surface area is 131 Å². The van der Waals surface area contributed by atoms with Crippen molar-refractivity contribution in [2.24, 2.45) is 5.73 Å². The van der Waals surface area contributed by atoms with Gasteiger partial charge in [0, 0.05) is 5.56 Å². The monoisotopic (exact) mass is 356 g/mol. The molecule has 0 saturated carbocycles. The SMILES string of the molecule is NC(=O)[C@@H]1COCN1C(=O)c1cc(C(F)(F)F)cc(C(F)(F)F)c1. The molecule has 132 valence electrons. The van der Waals surface area contributed by atoms with Crippen LogP contribution in [0.25, 0.3) is 0 Å². The number of hydrogen-bond donors (Lipinski definition) is 1. The average molecular weight is 356 g/mol. The molecular weight excluding hydrogens is 346 g/mol. The lowest BCUT2D eigenvalue weighted by atomic mass is 10.0. The maximum Gasteiger partial charge on any atom is 0.416 e. The highest BCUT2D eigenvalue weighted by Crippen LogP contribution is 2.36. The molecule has 0 aliphatic carbocycles. The Morgan fingerprint density at radius 3 is 1.96 bits per heavy atom. The Morgan fingerprint density at radius 2 is 1.54 bits per heavy atom. The molecule has 1 aromatic rings. The molecule has 2 amide bonds. The fourth-order valence-corrected chi connectivity index (χ4v) is 2.12. The van der Waals surface area contributed by atoms with Crippen LogP contribution in [0, 0.1) is 0 Å². The van der Waals surface area contributed by atoms with Gasteiger partial charge in [-0.25, -0.2) is 0 Å². The smallest absolute Gasteiger partial charge is 0.368 e. The molecule has 2 rings (SSSR count). The van der Waals surface area contributed by atoms with Crippen molar-refractivity contribution >= 4 is 11.8 Å². The van der Waals surface area contributed by atoms with Gasteiger partial charge in [-0.2, -0.15) is 26.3 Å². The van der Waals surface area contributed by atoms with Gasteiger partial charge in [-0.1, -0.05) is 0 Å². The normalized spacial score (nSPS) is 18.8. The van der Waals surface area contributed by atoms with Gasteiger partial charge < -0.3 is 15.4 Å². The van der Waals surface area contributed by atoms with E-state index in [0.717, 1.165) is 0 Å². The van der Waals surface area contributed by atoms with Crippen LogP contribution >= 0.6 is 0 Å². The third-order valence-corrected chi connectivity index (χ3v) is 3.31. The number of nitrogens with two attached hydrogens (primary N) is 1. The molecule has 11 heteroatoms. The quantitative estimate of drug-likeness (QED) is 0.824. The Kier molecular flexibility index (Phi) is 4.48. The summed E-state index contributed by atoms with van der Waals surface area (Å²) in [6, 6.07) is -0.786. The second-order valence-electron chi connectivity index (χ2n) is 4.99. The summed E-state index contributed by atoms with van der Waals surface area (Å²) < 4.78 is 81.6. The van der Waals surface area contributed by atoms with Gasteiger partial charge in [0.05, 0.1) is 17.7 Å². The first-order valence-electron chi connectivity index (χ1n) is 6.39. The first kappa shape index (κ1) is 18.0. The van der Waals surface area contributed by atoms with E-state index in [9.17, 15) is 35.9 Å². The summed E-state index contributed by atoms with van der Waals surface area (Å²) in [6.07, 6.45) is -10.2. The zero-order valence-electron chi connectivity index (χ0n) is 11.7. The molecule has 1 atom stereocenters. The summed E-state index contributed by atoms with van der Waals surface area (Å²) in [5.74, 6) is -2.20. The van der Waals surface area contributed by atoms with E-state index in [1.807, 2.05) is 0 Å². The van der Waals surface area contributed by atoms with Crippen LogP contribution in [-0.4, -0.2) is 36.1 Å². The lowest BCUT2D eigenvalue weighted by Crippen LogP contribution is -2.45. The lowest BCUT2D eigenvalue weighted by molar-refractivity contribution is -0.143. The standard InChI is InChI=1S/C13H10F6N2O3/c14-12(15,16)7-1-6(2-8(3-7)13(17,18)19)11(23)21-5-24-4-9(21)10(20)22/h1-3,9H,4-5H2,(H2,20,22)/t9-/m0/s1. The minimum absolute atomic E-state index is 0.0944. The molecule has 0 aromatic heterocycles. The minimum atomic E-state index is -5.08. The zero-order chi connectivity index (χ0) is 18.3. The van der Waals surface area contributed by atoms with Gasteiger partial charge in [-0.15, -0.1) is 0 Å². The number of ether oxygens (including phenoxy) is 1. The number of alkyl halides is 6. The maximum absolute atomic E-state index is 12.8. The van der Waals surface area contributed by atoms with Gasteiger partial charge in [0.15, 0.2) is 0 Å². The maximum atomic E-state index is 12.8. The van der Waals surface area contributed by atoms with Crippen LogP contribution in [0.3, 0.4) is 0 Å². The highest BCUT2D eigenvalue weighted by molar-refractivity contribution is 5.98. The molecular formula is C13H10F6N2O3. The van der Waals surface area contributed by atoms with Crippen molar-refractivity contribution in [3.05, 3.63) is 34.9 Å². The highest BCUT2D eigenvalue weighted by Gasteiger charge is 2.39. The number of primary amides is 1. The van der Waals surface area contributed by atoms with Crippen LogP contribution in [0.1, 0.15) is 21.5 Å². The molecule has 0 unspecified atom stereocenters. The molecule has 1 aromatic carbocycles. The Bertz CT molecular complexity index is 638. The number of halogens is 6. The van der Waals surface area contributed by atoms with Crippen LogP contribution in [0.15, 0.2) is 18.2 Å². The first-order valence-corrected chi connectivity index (χ1v) is 6.39. The Morgan fingerprint density at radius 1 is 1.04 bits per heavy atom. The van der Waals surface area contributed by atoms with Crippen molar-refractivity contribution in [3.63, 3.8) is 0 Å². The second-order valence-corrected chi connectivity index (χ2v) is 4.99. The molecule has 1 aliphatic heterocycles. The number of carbonyl (C=O) groups is 2. The van der Waals surface area contributed by atoms with E-state index in [-0.39, 0.29) is 24.8 Å². The van der Waals surface area contributed by atoms with E-state index >= 15 is 0 Å². The zero-order valence-corrected chi connectivity index (χ0v) is 11.7. The Balaban J connectivity index is 2.49. The molecule has 24 heavy (non-hydrogen) atoms. The fourth-order valence-electron chi connectivity index (χ4n) is 2.12. The van der Waals surface area contributed by atoms with Crippen molar-refractivity contribution in [3.8, 4) is 0 Å². The van der Waals surface area contributed by atoms with Crippen LogP contribution in [-0.2, 0) is 21.9 Å². The summed E-state index contributed by atoms with van der Waals surface area (Å²) in [5.41, 5.74) is 0.906. The molecule has 0 radical (unpaired) electrons. The van der Waals surface area contributed by atoms with Gasteiger partial charge in [-0.05, 0) is 18.2 Å². The van der Waals surface area contributed by atoms with E-state index in [0.29, 0.717) is 4.90 Å². The van der Waals surface area contributed by atoms with E-state index < -0.39 is 53.6 Å². The van der Waals surface area contributed by atoms with E-state index in [1.165, 1.54) is 0 Å². The Hall–Kier alpha value is -2.30. The predicted molar refractivity (Wildman–Crippen MR) is 66.4 cm³/mol. The summed E-state index contributed by atoms with van der Waals surface area (Å²) in [5, 5.41) is 0. The molecule has 1 fully saturated rings. The molecule has 5 nitrogen and oxygen atoms in total. The van der Waals surface area contributed by atoms with Crippen molar-refractivity contribution < 1.29 is 40.7 Å². The van der Waals surface area contributed by atoms with Gasteiger partial charge >= 0.3 is 12.4 Å². The van der Waals surface area contributed by atoms with Crippen LogP contribution in [0.2, 0.25) is 0 Å². The molecule has 0 spiro atoms. The number of amides is 2. The lowest BCUT2D eigenvalue weighted by Gasteiger charge is -2.21. The van der Waals surface area contributed by atoms with Crippen molar-refractivity contribution in [2.75, 3.05) is 13.3 Å². The molecule has 1 aliphatic rings. The number of benzene rings is 1. The predicted octanol–water partition coefficient (Wildman–Crippen LogP) is 2.01. The molecule has 0 bridgehead atoms. The fraction of sp³-hybridized carbons (Fsp3) is 0.385. The van der Waals surface area contributed by atoms with Crippen molar-refractivity contribution in [2.45, 2.75) is 18.4 Å². The largest absolute Gasteiger partial charge is 0.416 e. The third-order valence-electron chi connectivity index (χ3n) is 3.31. The summed E-state index contributed by atoms with van der Waals surface area (Å²) in [4.78, 5) is 24.1. The molecule has 2 N–H and O–H groups in total. The molecule has 1 saturated heterocycles. The average Bonchev–Trinajstić information content (AvgIpc) is 2.93.